The Morgan fingerprint density at radius 3 is 1.75 bits per heavy atom. The zero-order chi connectivity index (χ0) is 5.11. The molecule has 0 heterocycles. The van der Waals surface area contributed by atoms with E-state index >= 15 is 0 Å². The van der Waals surface area contributed by atoms with Crippen LogP contribution in [0.4, 0.5) is 0 Å². The van der Waals surface area contributed by atoms with E-state index in [4.69, 9.17) is 5.11 Å². The SMILES string of the molecule is Oc1ccccc1.[LiH]. The second-order valence-corrected chi connectivity index (χ2v) is 1.34. The maximum absolute atomic E-state index is 8.63. The van der Waals surface area contributed by atoms with Crippen LogP contribution in [0.1, 0.15) is 0 Å². The topological polar surface area (TPSA) is 20.2 Å². The molecule has 8 heavy (non-hydrogen) atoms. The van der Waals surface area contributed by atoms with E-state index in [-0.39, 0.29) is 18.9 Å². The van der Waals surface area contributed by atoms with Crippen LogP contribution in [-0.4, -0.2) is 24.0 Å². The molecule has 0 aliphatic rings. The number of para-hydroxylation sites is 1. The molecule has 2 heteroatoms. The van der Waals surface area contributed by atoms with Crippen LogP contribution in [-0.2, 0) is 0 Å². The van der Waals surface area contributed by atoms with Crippen LogP contribution >= 0.6 is 0 Å². The molecule has 0 spiro atoms. The third kappa shape index (κ3) is 2.06. The van der Waals surface area contributed by atoms with Crippen LogP contribution in [0.25, 0.3) is 0 Å². The third-order valence-electron chi connectivity index (χ3n) is 0.756. The number of benzene rings is 1. The maximum atomic E-state index is 8.63. The van der Waals surface area contributed by atoms with Crippen molar-refractivity contribution in [3.8, 4) is 5.75 Å². The minimum absolute atomic E-state index is 0. The molecule has 0 bridgehead atoms. The fourth-order valence-electron chi connectivity index (χ4n) is 0.428. The van der Waals surface area contributed by atoms with Crippen LogP contribution in [0.5, 0.6) is 5.75 Å². The first-order valence-electron chi connectivity index (χ1n) is 2.13. The van der Waals surface area contributed by atoms with Gasteiger partial charge in [-0.25, -0.2) is 0 Å². The zero-order valence-corrected chi connectivity index (χ0v) is 3.83. The summed E-state index contributed by atoms with van der Waals surface area (Å²) in [6.45, 7) is 0. The molecule has 0 radical (unpaired) electrons. The van der Waals surface area contributed by atoms with E-state index in [9.17, 15) is 0 Å². The molecule has 0 fully saturated rings. The van der Waals surface area contributed by atoms with Gasteiger partial charge in [-0.15, -0.1) is 0 Å². The Balaban J connectivity index is 0.000000490. The summed E-state index contributed by atoms with van der Waals surface area (Å²) >= 11 is 0. The molecule has 1 N–H and O–H groups in total. The number of hydrogen-bond acceptors (Lipinski definition) is 1. The summed E-state index contributed by atoms with van der Waals surface area (Å²) in [6.07, 6.45) is 0. The molecule has 38 valence electrons. The van der Waals surface area contributed by atoms with Gasteiger partial charge in [-0.1, -0.05) is 18.2 Å². The van der Waals surface area contributed by atoms with E-state index in [1.165, 1.54) is 0 Å². The number of phenols is 1. The van der Waals surface area contributed by atoms with Crippen molar-refractivity contribution in [3.63, 3.8) is 0 Å². The Morgan fingerprint density at radius 1 is 1.00 bits per heavy atom. The number of phenolic OH excluding ortho intramolecular Hbond substituents is 1. The molecule has 0 aliphatic heterocycles. The van der Waals surface area contributed by atoms with Gasteiger partial charge in [0.15, 0.2) is 0 Å². The first kappa shape index (κ1) is 7.62. The Bertz CT molecular complexity index is 138. The molecular weight excluding hydrogens is 95.0 g/mol. The normalized spacial score (nSPS) is 7.50. The van der Waals surface area contributed by atoms with Gasteiger partial charge in [0.1, 0.15) is 5.75 Å². The van der Waals surface area contributed by atoms with Gasteiger partial charge in [-0.05, 0) is 12.1 Å². The van der Waals surface area contributed by atoms with Gasteiger partial charge in [-0.3, -0.25) is 0 Å². The molecular formula is C6H7LiO. The average molecular weight is 102 g/mol. The Labute approximate surface area is 60.5 Å². The molecule has 0 unspecified atom stereocenters. The van der Waals surface area contributed by atoms with E-state index in [1.54, 1.807) is 24.3 Å². The van der Waals surface area contributed by atoms with Gasteiger partial charge in [0.25, 0.3) is 0 Å². The quantitative estimate of drug-likeness (QED) is 0.479. The Kier molecular flexibility index (Phi) is 3.43. The summed E-state index contributed by atoms with van der Waals surface area (Å²) < 4.78 is 0. The van der Waals surface area contributed by atoms with E-state index in [0.29, 0.717) is 5.75 Å². The van der Waals surface area contributed by atoms with Crippen molar-refractivity contribution >= 4 is 18.9 Å². The van der Waals surface area contributed by atoms with Crippen molar-refractivity contribution in [2.45, 2.75) is 0 Å². The van der Waals surface area contributed by atoms with Crippen molar-refractivity contribution in [1.82, 2.24) is 0 Å². The average Bonchev–Trinajstić information content (AvgIpc) is 1.69. The summed E-state index contributed by atoms with van der Waals surface area (Å²) in [5.74, 6) is 0.322. The Hall–Kier alpha value is -0.383. The minimum atomic E-state index is 0. The van der Waals surface area contributed by atoms with Crippen LogP contribution in [0.3, 0.4) is 0 Å². The summed E-state index contributed by atoms with van der Waals surface area (Å²) in [6, 6.07) is 8.71. The van der Waals surface area contributed by atoms with Gasteiger partial charge in [0, 0.05) is 0 Å². The van der Waals surface area contributed by atoms with E-state index in [2.05, 4.69) is 0 Å². The van der Waals surface area contributed by atoms with Gasteiger partial charge in [-0.2, -0.15) is 0 Å². The Morgan fingerprint density at radius 2 is 1.50 bits per heavy atom. The van der Waals surface area contributed by atoms with Gasteiger partial charge in [0.05, 0.1) is 0 Å². The molecule has 0 saturated heterocycles. The summed E-state index contributed by atoms with van der Waals surface area (Å²) in [5.41, 5.74) is 0. The monoisotopic (exact) mass is 102 g/mol. The van der Waals surface area contributed by atoms with Crippen LogP contribution < -0.4 is 0 Å². The first-order chi connectivity index (χ1) is 3.39. The number of aromatic hydroxyl groups is 1. The van der Waals surface area contributed by atoms with Gasteiger partial charge >= 0.3 is 18.9 Å². The molecule has 1 aromatic carbocycles. The second-order valence-electron chi connectivity index (χ2n) is 1.34. The molecule has 0 aromatic heterocycles. The zero-order valence-electron chi connectivity index (χ0n) is 3.83. The summed E-state index contributed by atoms with van der Waals surface area (Å²) in [5, 5.41) is 8.63. The molecule has 1 nitrogen and oxygen atoms in total. The fourth-order valence-corrected chi connectivity index (χ4v) is 0.428. The van der Waals surface area contributed by atoms with Crippen LogP contribution in [0.2, 0.25) is 0 Å². The van der Waals surface area contributed by atoms with Gasteiger partial charge < -0.3 is 5.11 Å². The van der Waals surface area contributed by atoms with Crippen molar-refractivity contribution in [2.24, 2.45) is 0 Å². The summed E-state index contributed by atoms with van der Waals surface area (Å²) in [7, 11) is 0. The molecule has 1 aromatic rings. The predicted molar refractivity (Wildman–Crippen MR) is 35.3 cm³/mol. The predicted octanol–water partition coefficient (Wildman–Crippen LogP) is 0.744. The van der Waals surface area contributed by atoms with Crippen molar-refractivity contribution in [2.75, 3.05) is 0 Å². The van der Waals surface area contributed by atoms with Crippen molar-refractivity contribution in [3.05, 3.63) is 30.3 Å². The first-order valence-corrected chi connectivity index (χ1v) is 2.13. The van der Waals surface area contributed by atoms with Crippen molar-refractivity contribution < 1.29 is 5.11 Å². The second kappa shape index (κ2) is 3.60. The number of hydrogen-bond donors (Lipinski definition) is 1. The standard InChI is InChI=1S/C6H6O.Li.H/c7-6-4-2-1-3-5-6;;/h1-5,7H;;. The third-order valence-corrected chi connectivity index (χ3v) is 0.756. The van der Waals surface area contributed by atoms with E-state index in [0.717, 1.165) is 0 Å². The van der Waals surface area contributed by atoms with E-state index < -0.39 is 0 Å². The number of rotatable bonds is 0. The molecule has 0 aliphatic carbocycles. The van der Waals surface area contributed by atoms with Crippen molar-refractivity contribution in [1.29, 1.82) is 0 Å². The van der Waals surface area contributed by atoms with E-state index in [1.807, 2.05) is 6.07 Å². The fraction of sp³-hybridized carbons (Fsp3) is 0. The summed E-state index contributed by atoms with van der Waals surface area (Å²) in [4.78, 5) is 0. The van der Waals surface area contributed by atoms with Crippen LogP contribution in [0, 0.1) is 0 Å². The molecule has 0 saturated carbocycles. The van der Waals surface area contributed by atoms with Crippen LogP contribution in [0.15, 0.2) is 30.3 Å². The molecule has 0 amide bonds. The van der Waals surface area contributed by atoms with Gasteiger partial charge in [0.2, 0.25) is 0 Å². The molecule has 0 atom stereocenters. The molecule has 1 rings (SSSR count).